The molecule has 0 bridgehead atoms. The summed E-state index contributed by atoms with van der Waals surface area (Å²) in [6.45, 7) is 2.11. The summed E-state index contributed by atoms with van der Waals surface area (Å²) in [7, 11) is 0. The Kier molecular flexibility index (Phi) is 4.77. The molecule has 0 radical (unpaired) electrons. The summed E-state index contributed by atoms with van der Waals surface area (Å²) >= 11 is 0. The van der Waals surface area contributed by atoms with Crippen LogP contribution in [0, 0.1) is 0 Å². The number of nitrogens with one attached hydrogen (secondary N) is 1. The zero-order chi connectivity index (χ0) is 13.8. The second-order valence-corrected chi connectivity index (χ2v) is 6.64. The van der Waals surface area contributed by atoms with E-state index in [-0.39, 0.29) is 0 Å². The molecule has 3 rings (SSSR count). The van der Waals surface area contributed by atoms with Crippen LogP contribution in [-0.2, 0) is 4.79 Å². The van der Waals surface area contributed by atoms with E-state index in [1.165, 1.54) is 56.9 Å². The molecule has 2 aliphatic heterocycles. The van der Waals surface area contributed by atoms with E-state index in [2.05, 4.69) is 16.3 Å². The first-order valence-electron chi connectivity index (χ1n) is 8.55. The van der Waals surface area contributed by atoms with Gasteiger partial charge in [-0.3, -0.25) is 4.79 Å². The van der Waals surface area contributed by atoms with Gasteiger partial charge in [-0.15, -0.1) is 0 Å². The van der Waals surface area contributed by atoms with E-state index >= 15 is 0 Å². The molecule has 20 heavy (non-hydrogen) atoms. The van der Waals surface area contributed by atoms with Gasteiger partial charge in [0, 0.05) is 25.0 Å². The van der Waals surface area contributed by atoms with Gasteiger partial charge in [-0.05, 0) is 64.3 Å². The van der Waals surface area contributed by atoms with Crippen LogP contribution < -0.4 is 5.32 Å². The first-order valence-corrected chi connectivity index (χ1v) is 8.55. The summed E-state index contributed by atoms with van der Waals surface area (Å²) in [6, 6.07) is 1.02. The number of hydrogen-bond acceptors (Lipinski definition) is 2. The molecule has 2 saturated heterocycles. The fourth-order valence-electron chi connectivity index (χ4n) is 4.09. The van der Waals surface area contributed by atoms with Crippen molar-refractivity contribution < 1.29 is 4.79 Å². The van der Waals surface area contributed by atoms with Crippen molar-refractivity contribution in [1.82, 2.24) is 10.2 Å². The smallest absolute Gasteiger partial charge is 0.226 e. The summed E-state index contributed by atoms with van der Waals surface area (Å²) in [5, 5.41) is 3.61. The Morgan fingerprint density at radius 2 is 2.15 bits per heavy atom. The van der Waals surface area contributed by atoms with E-state index in [1.807, 2.05) is 0 Å². The van der Waals surface area contributed by atoms with Crippen LogP contribution >= 0.6 is 0 Å². The lowest BCUT2D eigenvalue weighted by Gasteiger charge is -2.39. The Hall–Kier alpha value is -0.830. The number of piperidine rings is 1. The molecular weight excluding hydrogens is 248 g/mol. The quantitative estimate of drug-likeness (QED) is 0.804. The van der Waals surface area contributed by atoms with E-state index in [9.17, 15) is 4.79 Å². The lowest BCUT2D eigenvalue weighted by Crippen LogP contribution is -2.52. The van der Waals surface area contributed by atoms with Crippen molar-refractivity contribution in [2.75, 3.05) is 13.1 Å². The molecule has 1 aliphatic carbocycles. The highest BCUT2D eigenvalue weighted by Gasteiger charge is 2.34. The van der Waals surface area contributed by atoms with E-state index in [0.29, 0.717) is 24.4 Å². The Morgan fingerprint density at radius 1 is 1.20 bits per heavy atom. The van der Waals surface area contributed by atoms with Gasteiger partial charge in [-0.25, -0.2) is 0 Å². The van der Waals surface area contributed by atoms with Crippen molar-refractivity contribution in [3.63, 3.8) is 0 Å². The van der Waals surface area contributed by atoms with Gasteiger partial charge in [0.2, 0.25) is 5.91 Å². The predicted octanol–water partition coefficient (Wildman–Crippen LogP) is 3.01. The number of likely N-dealkylation sites (tertiary alicyclic amines) is 1. The van der Waals surface area contributed by atoms with Crippen LogP contribution in [0.4, 0.5) is 0 Å². The monoisotopic (exact) mass is 276 g/mol. The van der Waals surface area contributed by atoms with Crippen LogP contribution in [0.25, 0.3) is 0 Å². The summed E-state index contributed by atoms with van der Waals surface area (Å²) in [5.41, 5.74) is 1.39. The van der Waals surface area contributed by atoms with Crippen molar-refractivity contribution >= 4 is 5.91 Å². The van der Waals surface area contributed by atoms with Crippen LogP contribution in [0.3, 0.4) is 0 Å². The lowest BCUT2D eigenvalue weighted by atomic mass is 9.92. The van der Waals surface area contributed by atoms with Crippen molar-refractivity contribution in [3.8, 4) is 0 Å². The van der Waals surface area contributed by atoms with Crippen LogP contribution in [0.5, 0.6) is 0 Å². The van der Waals surface area contributed by atoms with E-state index < -0.39 is 0 Å². The highest BCUT2D eigenvalue weighted by molar-refractivity contribution is 5.79. The third-order valence-electron chi connectivity index (χ3n) is 5.20. The average Bonchev–Trinajstić information content (AvgIpc) is 3.02. The Bertz CT molecular complexity index is 371. The normalized spacial score (nSPS) is 31.2. The van der Waals surface area contributed by atoms with Crippen molar-refractivity contribution in [2.24, 2.45) is 0 Å². The number of carbonyl (C=O) groups excluding carboxylic acids is 1. The first-order chi connectivity index (χ1) is 9.84. The Labute approximate surface area is 122 Å². The largest absolute Gasteiger partial charge is 0.338 e. The van der Waals surface area contributed by atoms with Gasteiger partial charge < -0.3 is 10.2 Å². The van der Waals surface area contributed by atoms with Gasteiger partial charge in [-0.1, -0.05) is 11.6 Å². The number of rotatable bonds is 3. The number of carbonyl (C=O) groups is 1. The molecule has 1 N–H and O–H groups in total. The molecular formula is C17H28N2O. The van der Waals surface area contributed by atoms with E-state index in [4.69, 9.17) is 0 Å². The van der Waals surface area contributed by atoms with Gasteiger partial charge in [0.05, 0.1) is 0 Å². The molecule has 0 aromatic rings. The molecule has 1 amide bonds. The van der Waals surface area contributed by atoms with Gasteiger partial charge in [0.1, 0.15) is 0 Å². The first kappa shape index (κ1) is 14.1. The third kappa shape index (κ3) is 3.25. The number of hydrogen-bond donors (Lipinski definition) is 1. The molecule has 2 unspecified atom stereocenters. The van der Waals surface area contributed by atoms with Gasteiger partial charge >= 0.3 is 0 Å². The zero-order valence-corrected chi connectivity index (χ0v) is 12.6. The lowest BCUT2D eigenvalue weighted by molar-refractivity contribution is -0.134. The predicted molar refractivity (Wildman–Crippen MR) is 81.5 cm³/mol. The minimum absolute atomic E-state index is 0.386. The van der Waals surface area contributed by atoms with Crippen LogP contribution in [0.2, 0.25) is 0 Å². The number of allylic oxidation sites excluding steroid dienone is 1. The average molecular weight is 276 g/mol. The number of amides is 1. The maximum Gasteiger partial charge on any atom is 0.226 e. The second-order valence-electron chi connectivity index (χ2n) is 6.64. The highest BCUT2D eigenvalue weighted by atomic mass is 16.2. The topological polar surface area (TPSA) is 32.3 Å². The molecule has 3 aliphatic rings. The molecule has 2 atom stereocenters. The molecule has 0 spiro atoms. The van der Waals surface area contributed by atoms with E-state index in [0.717, 1.165) is 19.5 Å². The minimum atomic E-state index is 0.386. The van der Waals surface area contributed by atoms with Crippen LogP contribution in [0.1, 0.15) is 64.2 Å². The molecule has 3 nitrogen and oxygen atoms in total. The SMILES string of the molecule is O=C(CC1=CCCCC1)N1CCCCC1C1CCCN1. The molecule has 3 heteroatoms. The van der Waals surface area contributed by atoms with Crippen molar-refractivity contribution in [3.05, 3.63) is 11.6 Å². The highest BCUT2D eigenvalue weighted by Crippen LogP contribution is 2.27. The van der Waals surface area contributed by atoms with Crippen molar-refractivity contribution in [2.45, 2.75) is 76.3 Å². The van der Waals surface area contributed by atoms with Crippen molar-refractivity contribution in [1.29, 1.82) is 0 Å². The summed E-state index contributed by atoms with van der Waals surface area (Å²) in [4.78, 5) is 14.9. The molecule has 0 aromatic carbocycles. The van der Waals surface area contributed by atoms with Gasteiger partial charge in [-0.2, -0.15) is 0 Å². The minimum Gasteiger partial charge on any atom is -0.338 e. The standard InChI is InChI=1S/C17H28N2O/c20-17(13-14-7-2-1-3-8-14)19-12-5-4-10-16(19)15-9-6-11-18-15/h7,15-16,18H,1-6,8-13H2. The Morgan fingerprint density at radius 3 is 2.90 bits per heavy atom. The summed E-state index contributed by atoms with van der Waals surface area (Å²) in [5.74, 6) is 0.386. The fraction of sp³-hybridized carbons (Fsp3) is 0.824. The van der Waals surface area contributed by atoms with E-state index in [1.54, 1.807) is 0 Å². The molecule has 2 fully saturated rings. The van der Waals surface area contributed by atoms with Gasteiger partial charge in [0.15, 0.2) is 0 Å². The molecule has 0 saturated carbocycles. The van der Waals surface area contributed by atoms with Gasteiger partial charge in [0.25, 0.3) is 0 Å². The summed E-state index contributed by atoms with van der Waals surface area (Å²) < 4.78 is 0. The Balaban J connectivity index is 1.62. The summed E-state index contributed by atoms with van der Waals surface area (Å²) in [6.07, 6.45) is 14.1. The third-order valence-corrected chi connectivity index (χ3v) is 5.20. The molecule has 2 heterocycles. The van der Waals surface area contributed by atoms with Crippen LogP contribution in [0.15, 0.2) is 11.6 Å². The fourth-order valence-corrected chi connectivity index (χ4v) is 4.09. The molecule has 112 valence electrons. The maximum atomic E-state index is 12.7. The van der Waals surface area contributed by atoms with Crippen LogP contribution in [-0.4, -0.2) is 36.0 Å². The molecule has 0 aromatic heterocycles. The zero-order valence-electron chi connectivity index (χ0n) is 12.6. The number of nitrogens with zero attached hydrogens (tertiary/aromatic N) is 1. The second kappa shape index (κ2) is 6.75. The maximum absolute atomic E-state index is 12.7.